The zero-order valence-corrected chi connectivity index (χ0v) is 20.8. The fourth-order valence-corrected chi connectivity index (χ4v) is 6.50. The van der Waals surface area contributed by atoms with Crippen LogP contribution >= 0.6 is 15.9 Å². The summed E-state index contributed by atoms with van der Waals surface area (Å²) in [4.78, 5) is 15.6. The van der Waals surface area contributed by atoms with Gasteiger partial charge < -0.3 is 9.33 Å². The maximum absolute atomic E-state index is 13.5. The number of amides is 1. The van der Waals surface area contributed by atoms with Gasteiger partial charge in [0.15, 0.2) is 8.32 Å². The van der Waals surface area contributed by atoms with Crippen LogP contribution in [0.25, 0.3) is 10.8 Å². The van der Waals surface area contributed by atoms with Crippen LogP contribution in [0, 0.1) is 0 Å². The van der Waals surface area contributed by atoms with E-state index in [2.05, 4.69) is 79.0 Å². The molecule has 2 aromatic rings. The van der Waals surface area contributed by atoms with Crippen LogP contribution in [0.3, 0.4) is 0 Å². The first kappa shape index (κ1) is 21.1. The Kier molecular flexibility index (Phi) is 5.45. The number of carbonyl (C=O) groups is 1. The third-order valence-electron chi connectivity index (χ3n) is 7.25. The molecule has 1 amide bonds. The lowest BCUT2D eigenvalue weighted by Crippen LogP contribution is -2.53. The SMILES string of the molecule is CC(C)(C)[Si](C)(C)O[C@H]1CCCC[C@@H]1N1Cc2c(cc(Br)c3ccccc23)C1=O. The van der Waals surface area contributed by atoms with Crippen molar-refractivity contribution in [2.75, 3.05) is 0 Å². The van der Waals surface area contributed by atoms with Crippen LogP contribution in [-0.4, -0.2) is 31.3 Å². The van der Waals surface area contributed by atoms with Crippen molar-refractivity contribution < 1.29 is 9.22 Å². The zero-order chi connectivity index (χ0) is 21.0. The van der Waals surface area contributed by atoms with E-state index in [0.29, 0.717) is 6.54 Å². The molecule has 0 saturated heterocycles. The number of benzene rings is 2. The molecule has 3 nitrogen and oxygen atoms in total. The Morgan fingerprint density at radius 3 is 2.45 bits per heavy atom. The summed E-state index contributed by atoms with van der Waals surface area (Å²) in [7, 11) is -1.89. The lowest BCUT2D eigenvalue weighted by atomic mass is 9.91. The van der Waals surface area contributed by atoms with E-state index in [1.54, 1.807) is 0 Å². The molecule has 5 heteroatoms. The van der Waals surface area contributed by atoms with E-state index in [1.165, 1.54) is 29.2 Å². The molecule has 1 saturated carbocycles. The molecule has 1 heterocycles. The van der Waals surface area contributed by atoms with Crippen LogP contribution in [0.5, 0.6) is 0 Å². The molecule has 156 valence electrons. The Balaban J connectivity index is 1.66. The minimum Gasteiger partial charge on any atom is -0.412 e. The van der Waals surface area contributed by atoms with Gasteiger partial charge in [-0.3, -0.25) is 4.79 Å². The Morgan fingerprint density at radius 2 is 1.76 bits per heavy atom. The predicted octanol–water partition coefficient (Wildman–Crippen LogP) is 6.89. The summed E-state index contributed by atoms with van der Waals surface area (Å²) < 4.78 is 7.86. The van der Waals surface area contributed by atoms with Crippen LogP contribution in [0.2, 0.25) is 18.1 Å². The minimum absolute atomic E-state index is 0.151. The first-order chi connectivity index (χ1) is 13.6. The Bertz CT molecular complexity index is 950. The third-order valence-corrected chi connectivity index (χ3v) is 12.4. The largest absolute Gasteiger partial charge is 0.412 e. The Morgan fingerprint density at radius 1 is 1.10 bits per heavy atom. The first-order valence-electron chi connectivity index (χ1n) is 10.8. The van der Waals surface area contributed by atoms with Gasteiger partial charge in [0.05, 0.1) is 12.1 Å². The summed E-state index contributed by atoms with van der Waals surface area (Å²) in [6.07, 6.45) is 4.61. The number of hydrogen-bond donors (Lipinski definition) is 0. The molecule has 0 bridgehead atoms. The number of hydrogen-bond acceptors (Lipinski definition) is 2. The molecule has 1 aliphatic heterocycles. The van der Waals surface area contributed by atoms with E-state index in [0.717, 1.165) is 22.9 Å². The number of halogens is 1. The molecule has 1 aliphatic carbocycles. The van der Waals surface area contributed by atoms with Crippen LogP contribution in [0.4, 0.5) is 0 Å². The smallest absolute Gasteiger partial charge is 0.254 e. The van der Waals surface area contributed by atoms with E-state index < -0.39 is 8.32 Å². The molecule has 2 aliphatic rings. The highest BCUT2D eigenvalue weighted by atomic mass is 79.9. The van der Waals surface area contributed by atoms with Crippen LogP contribution in [0.1, 0.15) is 62.4 Å². The second kappa shape index (κ2) is 7.51. The molecular weight excluding hydrogens is 442 g/mol. The van der Waals surface area contributed by atoms with Crippen molar-refractivity contribution >= 4 is 40.9 Å². The molecule has 2 atom stereocenters. The highest BCUT2D eigenvalue weighted by Gasteiger charge is 2.44. The third kappa shape index (κ3) is 3.70. The lowest BCUT2D eigenvalue weighted by Gasteiger charge is -2.45. The first-order valence-corrected chi connectivity index (χ1v) is 14.5. The zero-order valence-electron chi connectivity index (χ0n) is 18.2. The number of rotatable bonds is 3. The van der Waals surface area contributed by atoms with Gasteiger partial charge in [-0.05, 0) is 53.4 Å². The van der Waals surface area contributed by atoms with Gasteiger partial charge in [0, 0.05) is 16.6 Å². The van der Waals surface area contributed by atoms with Crippen LogP contribution < -0.4 is 0 Å². The standard InChI is InChI=1S/C24H32BrNO2Si/c1-24(2,3)29(4,5)28-22-13-9-8-12-21(22)26-15-19-16-10-6-7-11-17(16)20(25)14-18(19)23(26)27/h6-7,10-11,14,21-22H,8-9,12-13,15H2,1-5H3/t21-,22-/m0/s1. The molecular formula is C24H32BrNO2Si. The van der Waals surface area contributed by atoms with Gasteiger partial charge in [-0.1, -0.05) is 73.8 Å². The summed E-state index contributed by atoms with van der Waals surface area (Å²) in [6.45, 7) is 12.2. The number of carbonyl (C=O) groups excluding carboxylic acids is 1. The van der Waals surface area contributed by atoms with E-state index >= 15 is 0 Å². The maximum Gasteiger partial charge on any atom is 0.254 e. The number of nitrogens with zero attached hydrogens (tertiary/aromatic N) is 1. The van der Waals surface area contributed by atoms with Crippen molar-refractivity contribution in [3.63, 3.8) is 0 Å². The van der Waals surface area contributed by atoms with E-state index in [-0.39, 0.29) is 23.1 Å². The summed E-state index contributed by atoms with van der Waals surface area (Å²) >= 11 is 3.68. The molecule has 0 aromatic heterocycles. The van der Waals surface area contributed by atoms with Gasteiger partial charge >= 0.3 is 0 Å². The molecule has 0 spiro atoms. The summed E-state index contributed by atoms with van der Waals surface area (Å²) in [5, 5.41) is 2.54. The van der Waals surface area contributed by atoms with Crippen LogP contribution in [0.15, 0.2) is 34.8 Å². The van der Waals surface area contributed by atoms with Gasteiger partial charge in [0.25, 0.3) is 5.91 Å². The van der Waals surface area contributed by atoms with Crippen molar-refractivity contribution in [1.82, 2.24) is 4.90 Å². The molecule has 4 rings (SSSR count). The average molecular weight is 475 g/mol. The molecule has 0 radical (unpaired) electrons. The monoisotopic (exact) mass is 473 g/mol. The minimum atomic E-state index is -1.89. The van der Waals surface area contributed by atoms with Gasteiger partial charge in [0.2, 0.25) is 0 Å². The van der Waals surface area contributed by atoms with Gasteiger partial charge in [-0.25, -0.2) is 0 Å². The maximum atomic E-state index is 13.5. The Labute approximate surface area is 184 Å². The average Bonchev–Trinajstić information content (AvgIpc) is 2.98. The molecule has 0 unspecified atom stereocenters. The second-order valence-electron chi connectivity index (χ2n) is 10.1. The van der Waals surface area contributed by atoms with E-state index in [4.69, 9.17) is 4.43 Å². The van der Waals surface area contributed by atoms with E-state index in [1.807, 2.05) is 6.07 Å². The quantitative estimate of drug-likeness (QED) is 0.454. The highest BCUT2D eigenvalue weighted by Crippen LogP contribution is 2.42. The van der Waals surface area contributed by atoms with Crippen molar-refractivity contribution in [2.24, 2.45) is 0 Å². The van der Waals surface area contributed by atoms with Crippen LogP contribution in [-0.2, 0) is 11.0 Å². The predicted molar refractivity (Wildman–Crippen MR) is 126 cm³/mol. The van der Waals surface area contributed by atoms with Crippen molar-refractivity contribution in [3.05, 3.63) is 45.9 Å². The van der Waals surface area contributed by atoms with Gasteiger partial charge in [-0.15, -0.1) is 0 Å². The molecule has 1 fully saturated rings. The fraction of sp³-hybridized carbons (Fsp3) is 0.542. The summed E-state index contributed by atoms with van der Waals surface area (Å²) in [5.74, 6) is 0.169. The van der Waals surface area contributed by atoms with Crippen molar-refractivity contribution in [1.29, 1.82) is 0 Å². The summed E-state index contributed by atoms with van der Waals surface area (Å²) in [6, 6.07) is 10.6. The van der Waals surface area contributed by atoms with Gasteiger partial charge in [-0.2, -0.15) is 0 Å². The summed E-state index contributed by atoms with van der Waals surface area (Å²) in [5.41, 5.74) is 2.03. The van der Waals surface area contributed by atoms with Crippen molar-refractivity contribution in [2.45, 2.75) is 83.3 Å². The fourth-order valence-electron chi connectivity index (χ4n) is 4.54. The highest BCUT2D eigenvalue weighted by molar-refractivity contribution is 9.10. The lowest BCUT2D eigenvalue weighted by molar-refractivity contribution is 0.0244. The topological polar surface area (TPSA) is 29.5 Å². The molecule has 2 aromatic carbocycles. The normalized spacial score (nSPS) is 23.0. The van der Waals surface area contributed by atoms with Crippen molar-refractivity contribution in [3.8, 4) is 0 Å². The molecule has 29 heavy (non-hydrogen) atoms. The number of fused-ring (bicyclic) bond motifs is 3. The second-order valence-corrected chi connectivity index (χ2v) is 15.7. The Hall–Kier alpha value is -1.17. The molecule has 0 N–H and O–H groups in total. The van der Waals surface area contributed by atoms with Gasteiger partial charge in [0.1, 0.15) is 0 Å². The van der Waals surface area contributed by atoms with E-state index in [9.17, 15) is 4.79 Å².